The molecule has 5 aromatic rings. The summed E-state index contributed by atoms with van der Waals surface area (Å²) in [5, 5.41) is 14.6. The largest absolute Gasteiger partial charge is 0.497 e. The van der Waals surface area contributed by atoms with Gasteiger partial charge in [-0.15, -0.1) is 0 Å². The van der Waals surface area contributed by atoms with Gasteiger partial charge in [0.05, 0.1) is 42.1 Å². The van der Waals surface area contributed by atoms with E-state index < -0.39 is 12.2 Å². The Morgan fingerprint density at radius 3 is 2.76 bits per heavy atom. The van der Waals surface area contributed by atoms with Crippen molar-refractivity contribution in [3.05, 3.63) is 83.6 Å². The number of anilines is 1. The zero-order chi connectivity index (χ0) is 31.9. The van der Waals surface area contributed by atoms with Crippen molar-refractivity contribution in [1.82, 2.24) is 40.3 Å². The second-order valence-electron chi connectivity index (χ2n) is 11.5. The number of fused-ring (bicyclic) bond motifs is 3. The monoisotopic (exact) mass is 639 g/mol. The van der Waals surface area contributed by atoms with Crippen LogP contribution in [0.1, 0.15) is 16.7 Å². The quantitative estimate of drug-likeness (QED) is 0.234. The molecule has 2 atom stereocenters. The van der Waals surface area contributed by atoms with Gasteiger partial charge < -0.3 is 25.6 Å². The molecule has 2 aliphatic rings. The van der Waals surface area contributed by atoms with Gasteiger partial charge in [0, 0.05) is 31.9 Å². The van der Waals surface area contributed by atoms with Crippen LogP contribution >= 0.6 is 11.3 Å². The summed E-state index contributed by atoms with van der Waals surface area (Å²) < 4.78 is 6.16. The SMILES string of the molecule is COc1ccc(CNC(=O)N(C)N2CC(=O)N3[C@@H](Cc4ccc5[nH]ncc5c4)C(=O)N(Cc4cccc5sc(N)nc45)C[C@@H]32)cc1. The number of methoxy groups -OCH3 is 1. The van der Waals surface area contributed by atoms with E-state index in [1.54, 1.807) is 35.2 Å². The molecule has 0 saturated carbocycles. The first-order chi connectivity index (χ1) is 22.3. The Morgan fingerprint density at radius 2 is 1.96 bits per heavy atom. The molecule has 0 aliphatic carbocycles. The molecule has 2 saturated heterocycles. The number of carbonyl (C=O) groups is 3. The van der Waals surface area contributed by atoms with Gasteiger partial charge in [-0.1, -0.05) is 41.7 Å². The second kappa shape index (κ2) is 11.9. The van der Waals surface area contributed by atoms with E-state index >= 15 is 0 Å². The first-order valence-electron chi connectivity index (χ1n) is 14.9. The van der Waals surface area contributed by atoms with E-state index in [-0.39, 0.29) is 37.5 Å². The van der Waals surface area contributed by atoms with Crippen molar-refractivity contribution < 1.29 is 19.1 Å². The van der Waals surface area contributed by atoms with Gasteiger partial charge in [0.2, 0.25) is 11.8 Å². The number of hydrogen-bond acceptors (Lipinski definition) is 9. The van der Waals surface area contributed by atoms with Gasteiger partial charge in [0.1, 0.15) is 18.0 Å². The number of nitrogens with two attached hydrogens (primary N) is 1. The first kappa shape index (κ1) is 29.5. The minimum Gasteiger partial charge on any atom is -0.497 e. The molecule has 4 N–H and O–H groups in total. The van der Waals surface area contributed by atoms with Crippen LogP contribution in [-0.4, -0.2) is 92.3 Å². The molecule has 2 aromatic heterocycles. The Labute approximate surface area is 268 Å². The van der Waals surface area contributed by atoms with Crippen LogP contribution in [0.15, 0.2) is 66.9 Å². The van der Waals surface area contributed by atoms with Crippen LogP contribution in [0.25, 0.3) is 21.1 Å². The molecule has 4 heterocycles. The van der Waals surface area contributed by atoms with Gasteiger partial charge in [-0.3, -0.25) is 19.7 Å². The van der Waals surface area contributed by atoms with E-state index in [1.807, 2.05) is 60.7 Å². The van der Waals surface area contributed by atoms with Crippen molar-refractivity contribution in [3.8, 4) is 5.75 Å². The van der Waals surface area contributed by atoms with Crippen molar-refractivity contribution in [3.63, 3.8) is 0 Å². The molecule has 0 bridgehead atoms. The predicted octanol–water partition coefficient (Wildman–Crippen LogP) is 2.94. The zero-order valence-corrected chi connectivity index (χ0v) is 26.2. The van der Waals surface area contributed by atoms with E-state index in [4.69, 9.17) is 10.5 Å². The van der Waals surface area contributed by atoms with Crippen LogP contribution < -0.4 is 15.8 Å². The molecule has 0 spiro atoms. The number of nitrogens with zero attached hydrogens (tertiary/aromatic N) is 6. The summed E-state index contributed by atoms with van der Waals surface area (Å²) in [4.78, 5) is 49.2. The molecule has 7 rings (SSSR count). The number of aromatic amines is 1. The van der Waals surface area contributed by atoms with Gasteiger partial charge in [0.15, 0.2) is 5.13 Å². The van der Waals surface area contributed by atoms with Crippen LogP contribution in [0, 0.1) is 0 Å². The number of ether oxygens (including phenoxy) is 1. The Hall–Kier alpha value is -5.21. The van der Waals surface area contributed by atoms with E-state index in [0.717, 1.165) is 43.6 Å². The first-order valence-corrected chi connectivity index (χ1v) is 15.7. The Balaban J connectivity index is 1.16. The highest BCUT2D eigenvalue weighted by Crippen LogP contribution is 2.32. The van der Waals surface area contributed by atoms with Crippen LogP contribution in [0.5, 0.6) is 5.75 Å². The molecule has 0 unspecified atom stereocenters. The van der Waals surface area contributed by atoms with Gasteiger partial charge in [-0.05, 0) is 47.0 Å². The molecule has 14 heteroatoms. The molecular formula is C32H33N9O4S. The lowest BCUT2D eigenvalue weighted by Gasteiger charge is -2.45. The standard InChI is InChI=1S/C32H33N9O4S/c1-38(32(44)34-14-19-6-9-23(45-2)10-7-19)40-18-28(42)41-25(13-20-8-11-24-22(12-20)15-35-37-24)30(43)39(17-27(40)41)16-21-4-3-5-26-29(21)36-31(33)46-26/h3-12,15,25,27H,13-14,16-18H2,1-2H3,(H2,33,36)(H,34,44)(H,35,37)/t25-,27+/m0/s1. The number of para-hydroxylation sites is 1. The summed E-state index contributed by atoms with van der Waals surface area (Å²) in [7, 11) is 3.24. The average Bonchev–Trinajstić information content (AvgIpc) is 3.78. The van der Waals surface area contributed by atoms with Crippen molar-refractivity contribution in [2.45, 2.75) is 31.7 Å². The molecule has 2 fully saturated rings. The highest BCUT2D eigenvalue weighted by molar-refractivity contribution is 7.22. The molecule has 4 amide bonds. The summed E-state index contributed by atoms with van der Waals surface area (Å²) in [6.45, 7) is 0.770. The highest BCUT2D eigenvalue weighted by Gasteiger charge is 2.51. The number of H-pyrrole nitrogens is 1. The number of rotatable bonds is 8. The third kappa shape index (κ3) is 5.45. The predicted molar refractivity (Wildman–Crippen MR) is 173 cm³/mol. The topological polar surface area (TPSA) is 153 Å². The molecule has 2 aliphatic heterocycles. The minimum absolute atomic E-state index is 0.0340. The number of aromatic nitrogens is 3. The number of carbonyl (C=O) groups excluding carboxylic acids is 3. The molecule has 46 heavy (non-hydrogen) atoms. The molecule has 3 aromatic carbocycles. The summed E-state index contributed by atoms with van der Waals surface area (Å²) in [5.74, 6) is 0.357. The Kier molecular flexibility index (Phi) is 7.66. The van der Waals surface area contributed by atoms with Gasteiger partial charge in [0.25, 0.3) is 0 Å². The summed E-state index contributed by atoms with van der Waals surface area (Å²) in [6, 6.07) is 18.0. The Morgan fingerprint density at radius 1 is 1.15 bits per heavy atom. The van der Waals surface area contributed by atoms with E-state index in [9.17, 15) is 14.4 Å². The van der Waals surface area contributed by atoms with E-state index in [1.165, 1.54) is 16.3 Å². The fourth-order valence-electron chi connectivity index (χ4n) is 6.30. The third-order valence-electron chi connectivity index (χ3n) is 8.66. The van der Waals surface area contributed by atoms with Crippen LogP contribution in [-0.2, 0) is 29.1 Å². The fourth-order valence-corrected chi connectivity index (χ4v) is 7.08. The number of benzene rings is 3. The number of urea groups is 1. The summed E-state index contributed by atoms with van der Waals surface area (Å²) in [5.41, 5.74) is 10.3. The molecule has 236 valence electrons. The average molecular weight is 640 g/mol. The number of nitrogen functional groups attached to an aromatic ring is 1. The van der Waals surface area contributed by atoms with Gasteiger partial charge >= 0.3 is 6.03 Å². The maximum atomic E-state index is 14.2. The number of piperazine rings is 1. The number of thiazole rings is 1. The number of hydrazine groups is 1. The zero-order valence-electron chi connectivity index (χ0n) is 25.3. The van der Waals surface area contributed by atoms with E-state index in [0.29, 0.717) is 18.1 Å². The summed E-state index contributed by atoms with van der Waals surface area (Å²) >= 11 is 1.40. The number of nitrogens with one attached hydrogen (secondary N) is 2. The van der Waals surface area contributed by atoms with Crippen LogP contribution in [0.3, 0.4) is 0 Å². The lowest BCUT2D eigenvalue weighted by Crippen LogP contribution is -2.65. The van der Waals surface area contributed by atoms with Gasteiger partial charge in [-0.2, -0.15) is 10.1 Å². The number of hydrogen-bond donors (Lipinski definition) is 3. The number of amides is 4. The highest BCUT2D eigenvalue weighted by atomic mass is 32.1. The van der Waals surface area contributed by atoms with E-state index in [2.05, 4.69) is 20.5 Å². The maximum absolute atomic E-state index is 14.2. The lowest BCUT2D eigenvalue weighted by atomic mass is 9.99. The lowest BCUT2D eigenvalue weighted by molar-refractivity contribution is -0.157. The fraction of sp³-hybridized carbons (Fsp3) is 0.281. The van der Waals surface area contributed by atoms with Crippen LogP contribution in [0.2, 0.25) is 0 Å². The molecule has 13 nitrogen and oxygen atoms in total. The smallest absolute Gasteiger partial charge is 0.332 e. The normalized spacial score (nSPS) is 18.4. The summed E-state index contributed by atoms with van der Waals surface area (Å²) in [6.07, 6.45) is 1.50. The third-order valence-corrected chi connectivity index (χ3v) is 9.51. The van der Waals surface area contributed by atoms with Crippen molar-refractivity contribution in [1.29, 1.82) is 0 Å². The Bertz CT molecular complexity index is 1940. The minimum atomic E-state index is -0.768. The second-order valence-corrected chi connectivity index (χ2v) is 12.5. The molecular weight excluding hydrogens is 606 g/mol. The van der Waals surface area contributed by atoms with Gasteiger partial charge in [-0.25, -0.2) is 9.78 Å². The van der Waals surface area contributed by atoms with Crippen LogP contribution in [0.4, 0.5) is 9.93 Å². The van der Waals surface area contributed by atoms with Crippen molar-refractivity contribution in [2.24, 2.45) is 0 Å². The molecule has 0 radical (unpaired) electrons. The van der Waals surface area contributed by atoms with Crippen molar-refractivity contribution in [2.75, 3.05) is 33.0 Å². The van der Waals surface area contributed by atoms with Crippen molar-refractivity contribution >= 4 is 55.4 Å². The maximum Gasteiger partial charge on any atom is 0.332 e.